The monoisotopic (exact) mass is 355 g/mol. The van der Waals surface area contributed by atoms with Crippen molar-refractivity contribution in [3.05, 3.63) is 57.4 Å². The van der Waals surface area contributed by atoms with Crippen molar-refractivity contribution >= 4 is 29.1 Å². The van der Waals surface area contributed by atoms with Crippen LogP contribution in [0.5, 0.6) is 0 Å². The van der Waals surface area contributed by atoms with Gasteiger partial charge in [0.15, 0.2) is 0 Å². The number of hydrogen-bond acceptors (Lipinski definition) is 3. The molecule has 0 amide bonds. The first-order chi connectivity index (χ1) is 11.7. The molecule has 0 saturated heterocycles. The van der Waals surface area contributed by atoms with E-state index in [1.807, 2.05) is 23.5 Å². The topological polar surface area (TPSA) is 3.24 Å². The van der Waals surface area contributed by atoms with Crippen molar-refractivity contribution in [1.29, 1.82) is 0 Å². The largest absolute Gasteiger partial charge is 0.309 e. The molecule has 24 heavy (non-hydrogen) atoms. The second kappa shape index (κ2) is 7.15. The highest BCUT2D eigenvalue weighted by Crippen LogP contribution is 2.50. The third kappa shape index (κ3) is 3.14. The van der Waals surface area contributed by atoms with Gasteiger partial charge in [0.1, 0.15) is 0 Å². The summed E-state index contributed by atoms with van der Waals surface area (Å²) in [5, 5.41) is 2.37. The molecule has 1 aromatic rings. The summed E-state index contributed by atoms with van der Waals surface area (Å²) in [4.78, 5) is 5.26. The first-order valence-corrected chi connectivity index (χ1v) is 10.8. The van der Waals surface area contributed by atoms with E-state index in [4.69, 9.17) is 0 Å². The van der Waals surface area contributed by atoms with Crippen molar-refractivity contribution in [2.24, 2.45) is 5.92 Å². The summed E-state index contributed by atoms with van der Waals surface area (Å²) in [5.41, 5.74) is 6.25. The van der Waals surface area contributed by atoms with Crippen LogP contribution in [0.15, 0.2) is 56.7 Å². The molecule has 1 fully saturated rings. The van der Waals surface area contributed by atoms with Crippen molar-refractivity contribution in [3.8, 4) is 0 Å². The van der Waals surface area contributed by atoms with Crippen LogP contribution in [-0.4, -0.2) is 31.3 Å². The van der Waals surface area contributed by atoms with Crippen molar-refractivity contribution in [2.75, 3.05) is 26.4 Å². The zero-order chi connectivity index (χ0) is 16.5. The van der Waals surface area contributed by atoms with Crippen LogP contribution in [0.1, 0.15) is 31.2 Å². The van der Waals surface area contributed by atoms with E-state index in [0.717, 1.165) is 5.75 Å². The molecular weight excluding hydrogens is 330 g/mol. The average molecular weight is 356 g/mol. The number of allylic oxidation sites excluding steroid dienone is 2. The van der Waals surface area contributed by atoms with Crippen molar-refractivity contribution < 1.29 is 0 Å². The fourth-order valence-corrected chi connectivity index (χ4v) is 6.16. The summed E-state index contributed by atoms with van der Waals surface area (Å²) in [6.45, 7) is 1.17. The number of rotatable bonds is 2. The highest BCUT2D eigenvalue weighted by Gasteiger charge is 2.29. The third-order valence-corrected chi connectivity index (χ3v) is 7.25. The van der Waals surface area contributed by atoms with E-state index < -0.39 is 0 Å². The van der Waals surface area contributed by atoms with Gasteiger partial charge in [-0.15, -0.1) is 11.8 Å². The van der Waals surface area contributed by atoms with E-state index in [1.165, 1.54) is 53.2 Å². The van der Waals surface area contributed by atoms with Crippen LogP contribution >= 0.6 is 23.5 Å². The molecule has 0 aromatic heterocycles. The maximum Gasteiger partial charge on any atom is 0.0217 e. The lowest BCUT2D eigenvalue weighted by Gasteiger charge is -2.31. The highest BCUT2D eigenvalue weighted by molar-refractivity contribution is 8.06. The Morgan fingerprint density at radius 1 is 1.17 bits per heavy atom. The van der Waals surface area contributed by atoms with Crippen molar-refractivity contribution in [3.63, 3.8) is 0 Å². The molecule has 3 aliphatic rings. The van der Waals surface area contributed by atoms with E-state index in [1.54, 1.807) is 11.1 Å². The van der Waals surface area contributed by atoms with Gasteiger partial charge in [0, 0.05) is 22.1 Å². The maximum atomic E-state index is 2.46. The number of fused-ring (bicyclic) bond motifs is 2. The Morgan fingerprint density at radius 3 is 2.92 bits per heavy atom. The molecule has 0 bridgehead atoms. The molecule has 0 N–H and O–H groups in total. The fourth-order valence-electron chi connectivity index (χ4n) is 4.16. The average Bonchev–Trinajstić information content (AvgIpc) is 2.98. The number of thioether (sulfide) groups is 2. The molecule has 0 radical (unpaired) electrons. The van der Waals surface area contributed by atoms with E-state index in [0.29, 0.717) is 5.92 Å². The Bertz CT molecular complexity index is 727. The van der Waals surface area contributed by atoms with Crippen LogP contribution in [0, 0.1) is 5.92 Å². The second-order valence-corrected chi connectivity index (χ2v) is 9.10. The summed E-state index contributed by atoms with van der Waals surface area (Å²) < 4.78 is 0. The van der Waals surface area contributed by atoms with Gasteiger partial charge in [-0.25, -0.2) is 0 Å². The minimum absolute atomic E-state index is 0.702. The minimum atomic E-state index is 0.702. The molecule has 0 spiro atoms. The van der Waals surface area contributed by atoms with Crippen LogP contribution in [0.4, 0.5) is 0 Å². The quantitative estimate of drug-likeness (QED) is 0.659. The van der Waals surface area contributed by atoms with Crippen LogP contribution < -0.4 is 0 Å². The highest BCUT2D eigenvalue weighted by atomic mass is 32.2. The van der Waals surface area contributed by atoms with Gasteiger partial charge in [-0.2, -0.15) is 0 Å². The van der Waals surface area contributed by atoms with Gasteiger partial charge in [-0.3, -0.25) is 0 Å². The molecular formula is C21H25NS2. The van der Waals surface area contributed by atoms with E-state index in [2.05, 4.69) is 54.7 Å². The summed E-state index contributed by atoms with van der Waals surface area (Å²) in [7, 11) is 4.42. The van der Waals surface area contributed by atoms with E-state index >= 15 is 0 Å². The number of hydrogen-bond donors (Lipinski definition) is 0. The summed E-state index contributed by atoms with van der Waals surface area (Å²) in [6.07, 6.45) is 7.79. The molecule has 1 atom stereocenters. The Labute approximate surface area is 154 Å². The van der Waals surface area contributed by atoms with Gasteiger partial charge in [-0.1, -0.05) is 48.0 Å². The van der Waals surface area contributed by atoms with Gasteiger partial charge in [-0.05, 0) is 67.5 Å². The first kappa shape index (κ1) is 16.6. The Morgan fingerprint density at radius 2 is 2.04 bits per heavy atom. The molecule has 1 saturated carbocycles. The Kier molecular flexibility index (Phi) is 4.93. The summed E-state index contributed by atoms with van der Waals surface area (Å²) >= 11 is 3.90. The molecule has 126 valence electrons. The lowest BCUT2D eigenvalue weighted by atomic mass is 9.77. The molecule has 2 heterocycles. The summed E-state index contributed by atoms with van der Waals surface area (Å²) in [6, 6.07) is 9.01. The number of nitrogens with zero attached hydrogens (tertiary/aromatic N) is 1. The maximum absolute atomic E-state index is 2.46. The van der Waals surface area contributed by atoms with Gasteiger partial charge >= 0.3 is 0 Å². The molecule has 1 unspecified atom stereocenters. The zero-order valence-electron chi connectivity index (χ0n) is 14.5. The number of benzene rings is 1. The SMILES string of the molecule is CN(C)CC1CCCC/C1=C1/C2=CCSC2=CSc2ccccc21. The first-order valence-electron chi connectivity index (χ1n) is 8.91. The van der Waals surface area contributed by atoms with Gasteiger partial charge < -0.3 is 4.90 Å². The molecule has 1 aromatic carbocycles. The van der Waals surface area contributed by atoms with Gasteiger partial charge in [0.2, 0.25) is 0 Å². The van der Waals surface area contributed by atoms with Crippen LogP contribution in [0.2, 0.25) is 0 Å². The van der Waals surface area contributed by atoms with Gasteiger partial charge in [0.25, 0.3) is 0 Å². The molecule has 1 aliphatic carbocycles. The standard InChI is InChI=1S/C21H25NS2/c1-22(2)13-15-7-3-4-8-16(15)21-17-9-5-6-10-19(17)24-14-20-18(21)11-12-23-20/h5-6,9-11,14-15H,3-4,7-8,12-13H2,1-2H3/b21-16-. The lowest BCUT2D eigenvalue weighted by Crippen LogP contribution is -2.26. The Balaban J connectivity index is 1.90. The normalized spacial score (nSPS) is 26.5. The molecule has 3 heteroatoms. The van der Waals surface area contributed by atoms with E-state index in [-0.39, 0.29) is 0 Å². The van der Waals surface area contributed by atoms with Crippen LogP contribution in [0.3, 0.4) is 0 Å². The predicted molar refractivity (Wildman–Crippen MR) is 108 cm³/mol. The van der Waals surface area contributed by atoms with Gasteiger partial charge in [0.05, 0.1) is 0 Å². The molecule has 4 rings (SSSR count). The van der Waals surface area contributed by atoms with Crippen LogP contribution in [0.25, 0.3) is 5.57 Å². The fraction of sp³-hybridized carbons (Fsp3) is 0.429. The smallest absolute Gasteiger partial charge is 0.0217 e. The molecule has 1 nitrogen and oxygen atoms in total. The second-order valence-electron chi connectivity index (χ2n) is 7.13. The third-order valence-electron chi connectivity index (χ3n) is 5.16. The lowest BCUT2D eigenvalue weighted by molar-refractivity contribution is 0.314. The zero-order valence-corrected chi connectivity index (χ0v) is 16.2. The van der Waals surface area contributed by atoms with Crippen molar-refractivity contribution in [2.45, 2.75) is 30.6 Å². The predicted octanol–water partition coefficient (Wildman–Crippen LogP) is 5.81. The van der Waals surface area contributed by atoms with Crippen LogP contribution in [-0.2, 0) is 0 Å². The molecule has 2 aliphatic heterocycles. The summed E-state index contributed by atoms with van der Waals surface area (Å²) in [5.74, 6) is 1.83. The minimum Gasteiger partial charge on any atom is -0.309 e. The van der Waals surface area contributed by atoms with Crippen molar-refractivity contribution in [1.82, 2.24) is 4.90 Å². The Hall–Kier alpha value is -0.900. The van der Waals surface area contributed by atoms with E-state index in [9.17, 15) is 0 Å².